The smallest absolute Gasteiger partial charge is 0.183 e. The number of thioether (sulfide) groups is 1. The largest absolute Gasteiger partial charge is 0.338 e. The SMILES string of the molecule is CSC(=Nc1ccc2nc(-c3cncc(Br)c3)[nH]c2c1)NC#N. The molecule has 2 N–H and O–H groups in total. The lowest BCUT2D eigenvalue weighted by Gasteiger charge is -1.99. The van der Waals surface area contributed by atoms with Crippen LogP contribution in [0.5, 0.6) is 0 Å². The molecule has 0 spiro atoms. The molecule has 114 valence electrons. The van der Waals surface area contributed by atoms with Crippen molar-refractivity contribution >= 4 is 49.6 Å². The number of pyridine rings is 1. The normalized spacial score (nSPS) is 11.4. The average molecular weight is 387 g/mol. The third-order valence-corrected chi connectivity index (χ3v) is 4.04. The second kappa shape index (κ2) is 6.81. The predicted molar refractivity (Wildman–Crippen MR) is 96.4 cm³/mol. The van der Waals surface area contributed by atoms with Crippen molar-refractivity contribution in [2.45, 2.75) is 0 Å². The lowest BCUT2D eigenvalue weighted by molar-refractivity contribution is 1.26. The average Bonchev–Trinajstić information content (AvgIpc) is 2.97. The van der Waals surface area contributed by atoms with E-state index in [-0.39, 0.29) is 0 Å². The minimum absolute atomic E-state index is 0.544. The molecule has 0 atom stereocenters. The highest BCUT2D eigenvalue weighted by atomic mass is 79.9. The molecule has 2 aromatic heterocycles. The van der Waals surface area contributed by atoms with Crippen LogP contribution in [0.3, 0.4) is 0 Å². The van der Waals surface area contributed by atoms with Gasteiger partial charge < -0.3 is 4.98 Å². The molecule has 8 heteroatoms. The van der Waals surface area contributed by atoms with E-state index in [0.29, 0.717) is 5.17 Å². The molecule has 1 aromatic carbocycles. The number of aromatic amines is 1. The van der Waals surface area contributed by atoms with Crippen LogP contribution in [0.15, 0.2) is 46.1 Å². The second-order valence-corrected chi connectivity index (χ2v) is 6.25. The number of hydrogen-bond donors (Lipinski definition) is 2. The Morgan fingerprint density at radius 2 is 2.26 bits per heavy atom. The van der Waals surface area contributed by atoms with Crippen molar-refractivity contribution in [2.75, 3.05) is 6.26 Å². The zero-order valence-electron chi connectivity index (χ0n) is 12.0. The Kier molecular flexibility index (Phi) is 4.60. The number of benzene rings is 1. The molecule has 0 aliphatic carbocycles. The van der Waals surface area contributed by atoms with Crippen LogP contribution in [0.25, 0.3) is 22.4 Å². The minimum Gasteiger partial charge on any atom is -0.338 e. The Hall–Kier alpha value is -2.37. The highest BCUT2D eigenvalue weighted by molar-refractivity contribution is 9.10. The Balaban J connectivity index is 2.00. The fourth-order valence-corrected chi connectivity index (χ4v) is 2.74. The van der Waals surface area contributed by atoms with E-state index < -0.39 is 0 Å². The van der Waals surface area contributed by atoms with Crippen LogP contribution in [0.2, 0.25) is 0 Å². The number of amidine groups is 1. The van der Waals surface area contributed by atoms with E-state index in [4.69, 9.17) is 5.26 Å². The number of fused-ring (bicyclic) bond motifs is 1. The van der Waals surface area contributed by atoms with E-state index in [1.165, 1.54) is 11.8 Å². The first-order valence-corrected chi connectivity index (χ1v) is 8.60. The van der Waals surface area contributed by atoms with Gasteiger partial charge in [0.05, 0.1) is 16.7 Å². The maximum Gasteiger partial charge on any atom is 0.183 e. The highest BCUT2D eigenvalue weighted by Crippen LogP contribution is 2.25. The Morgan fingerprint density at radius 3 is 3.00 bits per heavy atom. The summed E-state index contributed by atoms with van der Waals surface area (Å²) in [6.07, 6.45) is 7.21. The number of rotatable bonds is 2. The van der Waals surface area contributed by atoms with Crippen molar-refractivity contribution < 1.29 is 0 Å². The molecule has 0 saturated heterocycles. The van der Waals surface area contributed by atoms with Crippen molar-refractivity contribution in [3.8, 4) is 17.6 Å². The summed E-state index contributed by atoms with van der Waals surface area (Å²) in [6, 6.07) is 7.60. The van der Waals surface area contributed by atoms with Gasteiger partial charge in [-0.1, -0.05) is 11.8 Å². The number of aliphatic imine (C=N–C) groups is 1. The van der Waals surface area contributed by atoms with E-state index in [9.17, 15) is 0 Å². The van der Waals surface area contributed by atoms with E-state index in [1.54, 1.807) is 12.4 Å². The van der Waals surface area contributed by atoms with Gasteiger partial charge in [0.2, 0.25) is 0 Å². The summed E-state index contributed by atoms with van der Waals surface area (Å²) in [5.41, 5.74) is 3.36. The third kappa shape index (κ3) is 3.52. The van der Waals surface area contributed by atoms with Crippen LogP contribution >= 0.6 is 27.7 Å². The fourth-order valence-electron chi connectivity index (χ4n) is 2.03. The van der Waals surface area contributed by atoms with Crippen molar-refractivity contribution in [2.24, 2.45) is 4.99 Å². The van der Waals surface area contributed by atoms with Crippen molar-refractivity contribution in [3.63, 3.8) is 0 Å². The Morgan fingerprint density at radius 1 is 1.39 bits per heavy atom. The fraction of sp³-hybridized carbons (Fsp3) is 0.0667. The number of nitriles is 1. The maximum absolute atomic E-state index is 8.69. The van der Waals surface area contributed by atoms with Crippen molar-refractivity contribution in [1.29, 1.82) is 5.26 Å². The molecule has 23 heavy (non-hydrogen) atoms. The molecule has 0 unspecified atom stereocenters. The molecule has 0 saturated carbocycles. The number of aromatic nitrogens is 3. The molecule has 2 heterocycles. The van der Waals surface area contributed by atoms with E-state index in [1.807, 2.05) is 36.7 Å². The summed E-state index contributed by atoms with van der Waals surface area (Å²) < 4.78 is 0.896. The quantitative estimate of drug-likeness (QED) is 0.302. The first kappa shape index (κ1) is 15.5. The summed E-state index contributed by atoms with van der Waals surface area (Å²) >= 11 is 4.78. The van der Waals surface area contributed by atoms with Gasteiger partial charge in [-0.3, -0.25) is 10.3 Å². The summed E-state index contributed by atoms with van der Waals surface area (Å²) in [5.74, 6) is 0.746. The van der Waals surface area contributed by atoms with E-state index in [0.717, 1.165) is 32.6 Å². The summed E-state index contributed by atoms with van der Waals surface area (Å²) in [6.45, 7) is 0. The summed E-state index contributed by atoms with van der Waals surface area (Å²) in [7, 11) is 0. The topological polar surface area (TPSA) is 89.8 Å². The van der Waals surface area contributed by atoms with Gasteiger partial charge in [-0.2, -0.15) is 5.26 Å². The van der Waals surface area contributed by atoms with E-state index >= 15 is 0 Å². The molecule has 3 rings (SSSR count). The lowest BCUT2D eigenvalue weighted by Crippen LogP contribution is -2.12. The van der Waals surface area contributed by atoms with Crippen molar-refractivity contribution in [1.82, 2.24) is 20.3 Å². The molecule has 0 amide bonds. The molecule has 0 aliphatic rings. The number of H-pyrrole nitrogens is 1. The van der Waals surface area contributed by atoms with Crippen molar-refractivity contribution in [3.05, 3.63) is 41.1 Å². The molecular weight excluding hydrogens is 376 g/mol. The zero-order valence-corrected chi connectivity index (χ0v) is 14.4. The third-order valence-electron chi connectivity index (χ3n) is 3.03. The lowest BCUT2D eigenvalue weighted by atomic mass is 10.3. The second-order valence-electron chi connectivity index (χ2n) is 4.54. The number of hydrogen-bond acceptors (Lipinski definition) is 5. The molecule has 0 fully saturated rings. The van der Waals surface area contributed by atoms with E-state index in [2.05, 4.69) is 41.2 Å². The van der Waals surface area contributed by atoms with Crippen LogP contribution in [0.4, 0.5) is 5.69 Å². The van der Waals surface area contributed by atoms with Crippen LogP contribution in [0, 0.1) is 11.5 Å². The van der Waals surface area contributed by atoms with Gasteiger partial charge in [0.15, 0.2) is 11.4 Å². The van der Waals surface area contributed by atoms with Gasteiger partial charge in [-0.05, 0) is 46.5 Å². The van der Waals surface area contributed by atoms with Gasteiger partial charge in [-0.25, -0.2) is 9.98 Å². The van der Waals surface area contributed by atoms with Crippen LogP contribution < -0.4 is 5.32 Å². The maximum atomic E-state index is 8.69. The molecule has 0 bridgehead atoms. The van der Waals surface area contributed by atoms with Gasteiger partial charge in [0.25, 0.3) is 0 Å². The number of imidazole rings is 1. The minimum atomic E-state index is 0.544. The van der Waals surface area contributed by atoms with Crippen LogP contribution in [-0.4, -0.2) is 26.4 Å². The number of nitrogens with one attached hydrogen (secondary N) is 2. The van der Waals surface area contributed by atoms with Crippen LogP contribution in [0.1, 0.15) is 0 Å². The zero-order chi connectivity index (χ0) is 16.2. The molecule has 3 aromatic rings. The molecule has 6 nitrogen and oxygen atoms in total. The standard InChI is InChI=1S/C15H11BrN6S/c1-23-15(19-8-17)20-11-2-3-12-13(5-11)22-14(21-12)9-4-10(16)7-18-6-9/h2-7H,1H3,(H,19,20)(H,21,22). The number of halogens is 1. The van der Waals surface area contributed by atoms with Gasteiger partial charge in [0, 0.05) is 22.4 Å². The molecule has 0 aliphatic heterocycles. The highest BCUT2D eigenvalue weighted by Gasteiger charge is 2.07. The first-order chi connectivity index (χ1) is 11.2. The predicted octanol–water partition coefficient (Wildman–Crippen LogP) is 3.81. The van der Waals surface area contributed by atoms with Crippen LogP contribution in [-0.2, 0) is 0 Å². The number of nitrogens with zero attached hydrogens (tertiary/aromatic N) is 4. The van der Waals surface area contributed by atoms with Gasteiger partial charge in [0.1, 0.15) is 5.82 Å². The monoisotopic (exact) mass is 386 g/mol. The molecular formula is C15H11BrN6S. The molecule has 0 radical (unpaired) electrons. The Labute approximate surface area is 145 Å². The summed E-state index contributed by atoms with van der Waals surface area (Å²) in [5, 5.41) is 11.8. The summed E-state index contributed by atoms with van der Waals surface area (Å²) in [4.78, 5) is 16.4. The van der Waals surface area contributed by atoms with Gasteiger partial charge in [-0.15, -0.1) is 0 Å². The van der Waals surface area contributed by atoms with Gasteiger partial charge >= 0.3 is 0 Å². The Bertz CT molecular complexity index is 927. The first-order valence-electron chi connectivity index (χ1n) is 6.58.